The predicted octanol–water partition coefficient (Wildman–Crippen LogP) is 2.92. The van der Waals surface area contributed by atoms with Gasteiger partial charge in [0.2, 0.25) is 0 Å². The topological polar surface area (TPSA) is 72.7 Å². The molecule has 1 aliphatic heterocycles. The van der Waals surface area contributed by atoms with Crippen LogP contribution in [0.25, 0.3) is 0 Å². The number of benzene rings is 2. The standard InChI is InChI=1S/C15H11NO4/c17-13(10-6-2-1-3-7-10)15-14(20-15)11-8-4-5-9-12(11)16(18)19/h1-9,14-15H. The third-order valence-corrected chi connectivity index (χ3v) is 3.25. The molecule has 1 heterocycles. The maximum absolute atomic E-state index is 12.2. The molecule has 0 amide bonds. The van der Waals surface area contributed by atoms with Gasteiger partial charge in [0.1, 0.15) is 6.10 Å². The molecule has 2 atom stereocenters. The fourth-order valence-corrected chi connectivity index (χ4v) is 2.21. The summed E-state index contributed by atoms with van der Waals surface area (Å²) in [7, 11) is 0. The van der Waals surface area contributed by atoms with E-state index in [1.165, 1.54) is 6.07 Å². The second-order valence-corrected chi connectivity index (χ2v) is 4.52. The fraction of sp³-hybridized carbons (Fsp3) is 0.133. The number of epoxide rings is 1. The molecule has 100 valence electrons. The molecule has 0 bridgehead atoms. The third kappa shape index (κ3) is 2.19. The molecule has 0 N–H and O–H groups in total. The highest BCUT2D eigenvalue weighted by Crippen LogP contribution is 2.44. The minimum atomic E-state index is -0.626. The normalized spacial score (nSPS) is 20.4. The van der Waals surface area contributed by atoms with Crippen molar-refractivity contribution >= 4 is 11.5 Å². The van der Waals surface area contributed by atoms with Crippen LogP contribution >= 0.6 is 0 Å². The maximum Gasteiger partial charge on any atom is 0.275 e. The van der Waals surface area contributed by atoms with Gasteiger partial charge in [0, 0.05) is 11.6 Å². The van der Waals surface area contributed by atoms with Crippen LogP contribution in [0.4, 0.5) is 5.69 Å². The number of ether oxygens (including phenoxy) is 1. The number of carbonyl (C=O) groups is 1. The zero-order valence-corrected chi connectivity index (χ0v) is 10.4. The fourth-order valence-electron chi connectivity index (χ4n) is 2.21. The average molecular weight is 269 g/mol. The Bertz CT molecular complexity index is 669. The van der Waals surface area contributed by atoms with Gasteiger partial charge >= 0.3 is 0 Å². The Balaban J connectivity index is 1.83. The van der Waals surface area contributed by atoms with Crippen molar-refractivity contribution in [2.24, 2.45) is 0 Å². The molecule has 0 radical (unpaired) electrons. The number of ketones is 1. The Kier molecular flexibility index (Phi) is 3.04. The largest absolute Gasteiger partial charge is 0.355 e. The van der Waals surface area contributed by atoms with Gasteiger partial charge in [-0.1, -0.05) is 42.5 Å². The van der Waals surface area contributed by atoms with Crippen molar-refractivity contribution in [2.45, 2.75) is 12.2 Å². The van der Waals surface area contributed by atoms with Crippen LogP contribution in [0.5, 0.6) is 0 Å². The lowest BCUT2D eigenvalue weighted by molar-refractivity contribution is -0.385. The van der Waals surface area contributed by atoms with E-state index in [4.69, 9.17) is 4.74 Å². The number of nitrogens with zero attached hydrogens (tertiary/aromatic N) is 1. The van der Waals surface area contributed by atoms with Gasteiger partial charge in [-0.2, -0.15) is 0 Å². The number of carbonyl (C=O) groups excluding carboxylic acids is 1. The number of para-hydroxylation sites is 1. The van der Waals surface area contributed by atoms with Crippen molar-refractivity contribution < 1.29 is 14.5 Å². The van der Waals surface area contributed by atoms with E-state index >= 15 is 0 Å². The summed E-state index contributed by atoms with van der Waals surface area (Å²) >= 11 is 0. The lowest BCUT2D eigenvalue weighted by Crippen LogP contribution is -2.08. The van der Waals surface area contributed by atoms with Gasteiger partial charge < -0.3 is 4.74 Å². The van der Waals surface area contributed by atoms with Gasteiger partial charge in [-0.15, -0.1) is 0 Å². The summed E-state index contributed by atoms with van der Waals surface area (Å²) in [4.78, 5) is 22.7. The molecule has 0 saturated carbocycles. The quantitative estimate of drug-likeness (QED) is 0.370. The summed E-state index contributed by atoms with van der Waals surface area (Å²) in [6.07, 6.45) is -1.15. The molecule has 0 spiro atoms. The van der Waals surface area contributed by atoms with Crippen molar-refractivity contribution in [1.82, 2.24) is 0 Å². The van der Waals surface area contributed by atoms with E-state index in [1.54, 1.807) is 42.5 Å². The van der Waals surface area contributed by atoms with Gasteiger partial charge in [-0.05, 0) is 6.07 Å². The highest BCUT2D eigenvalue weighted by atomic mass is 16.6. The summed E-state index contributed by atoms with van der Waals surface area (Å²) in [5.41, 5.74) is 0.992. The van der Waals surface area contributed by atoms with Crippen LogP contribution in [0, 0.1) is 10.1 Å². The predicted molar refractivity (Wildman–Crippen MR) is 71.5 cm³/mol. The van der Waals surface area contributed by atoms with E-state index in [0.29, 0.717) is 11.1 Å². The van der Waals surface area contributed by atoms with Gasteiger partial charge in [-0.25, -0.2) is 0 Å². The van der Waals surface area contributed by atoms with Crippen molar-refractivity contribution in [3.05, 3.63) is 75.8 Å². The summed E-state index contributed by atoms with van der Waals surface area (Å²) in [5.74, 6) is -0.145. The summed E-state index contributed by atoms with van der Waals surface area (Å²) in [5, 5.41) is 11.0. The zero-order chi connectivity index (χ0) is 14.1. The van der Waals surface area contributed by atoms with Crippen LogP contribution in [-0.4, -0.2) is 16.8 Å². The minimum Gasteiger partial charge on any atom is -0.355 e. The van der Waals surface area contributed by atoms with Crippen molar-refractivity contribution in [3.63, 3.8) is 0 Å². The molecule has 1 saturated heterocycles. The molecule has 0 aromatic heterocycles. The number of Topliss-reactive ketones (excluding diaryl/α,β-unsaturated/α-hetero) is 1. The molecule has 1 fully saturated rings. The Morgan fingerprint density at radius 1 is 1.05 bits per heavy atom. The SMILES string of the molecule is O=C(c1ccccc1)C1OC1c1ccccc1[N+](=O)[O-]. The molecule has 3 rings (SSSR count). The lowest BCUT2D eigenvalue weighted by Gasteiger charge is -1.99. The molecule has 5 nitrogen and oxygen atoms in total. The first-order valence-electron chi connectivity index (χ1n) is 6.16. The van der Waals surface area contributed by atoms with Crippen molar-refractivity contribution in [3.8, 4) is 0 Å². The second-order valence-electron chi connectivity index (χ2n) is 4.52. The molecule has 2 aromatic carbocycles. The number of hydrogen-bond acceptors (Lipinski definition) is 4. The van der Waals surface area contributed by atoms with E-state index in [1.807, 2.05) is 6.07 Å². The van der Waals surface area contributed by atoms with E-state index in [-0.39, 0.29) is 11.5 Å². The van der Waals surface area contributed by atoms with Crippen molar-refractivity contribution in [2.75, 3.05) is 0 Å². The highest BCUT2D eigenvalue weighted by molar-refractivity contribution is 6.01. The van der Waals surface area contributed by atoms with Gasteiger partial charge in [0.25, 0.3) is 5.69 Å². The number of nitro groups is 1. The van der Waals surface area contributed by atoms with E-state index in [0.717, 1.165) is 0 Å². The molecule has 1 aliphatic rings. The van der Waals surface area contributed by atoms with E-state index in [9.17, 15) is 14.9 Å². The Labute approximate surface area is 115 Å². The van der Waals surface area contributed by atoms with Gasteiger partial charge in [0.15, 0.2) is 11.9 Å². The first-order valence-corrected chi connectivity index (χ1v) is 6.16. The smallest absolute Gasteiger partial charge is 0.275 e. The molecule has 2 unspecified atom stereocenters. The number of nitro benzene ring substituents is 1. The summed E-state index contributed by atoms with van der Waals surface area (Å²) in [6.45, 7) is 0. The number of hydrogen-bond donors (Lipinski definition) is 0. The Hall–Kier alpha value is -2.53. The van der Waals surface area contributed by atoms with Crippen LogP contribution in [0.3, 0.4) is 0 Å². The first kappa shape index (κ1) is 12.5. The second kappa shape index (κ2) is 4.86. The molecular formula is C15H11NO4. The Morgan fingerprint density at radius 3 is 2.40 bits per heavy atom. The van der Waals surface area contributed by atoms with E-state index in [2.05, 4.69) is 0 Å². The van der Waals surface area contributed by atoms with Crippen molar-refractivity contribution in [1.29, 1.82) is 0 Å². The lowest BCUT2D eigenvalue weighted by atomic mass is 10.0. The Morgan fingerprint density at radius 2 is 1.70 bits per heavy atom. The summed E-state index contributed by atoms with van der Waals surface area (Å²) in [6, 6.07) is 15.1. The van der Waals surface area contributed by atoms with Crippen LogP contribution in [0.2, 0.25) is 0 Å². The third-order valence-electron chi connectivity index (χ3n) is 3.25. The zero-order valence-electron chi connectivity index (χ0n) is 10.4. The van der Waals surface area contributed by atoms with Crippen LogP contribution in [0.1, 0.15) is 22.0 Å². The van der Waals surface area contributed by atoms with E-state index < -0.39 is 17.1 Å². The summed E-state index contributed by atoms with van der Waals surface area (Å²) < 4.78 is 5.36. The van der Waals surface area contributed by atoms with Crippen LogP contribution in [0.15, 0.2) is 54.6 Å². The van der Waals surface area contributed by atoms with Gasteiger partial charge in [-0.3, -0.25) is 14.9 Å². The average Bonchev–Trinajstić information content (AvgIpc) is 3.27. The van der Waals surface area contributed by atoms with Crippen LogP contribution < -0.4 is 0 Å². The monoisotopic (exact) mass is 269 g/mol. The minimum absolute atomic E-state index is 0.0131. The molecule has 0 aliphatic carbocycles. The molecular weight excluding hydrogens is 258 g/mol. The molecule has 5 heteroatoms. The van der Waals surface area contributed by atoms with Crippen LogP contribution in [-0.2, 0) is 4.74 Å². The molecule has 20 heavy (non-hydrogen) atoms. The highest BCUT2D eigenvalue weighted by Gasteiger charge is 2.48. The maximum atomic E-state index is 12.2. The van der Waals surface area contributed by atoms with Gasteiger partial charge in [0.05, 0.1) is 10.5 Å². The molecule has 2 aromatic rings. The number of rotatable bonds is 4. The first-order chi connectivity index (χ1) is 9.68.